The lowest BCUT2D eigenvalue weighted by Gasteiger charge is -2.07. The fourth-order valence-corrected chi connectivity index (χ4v) is 3.04. The van der Waals surface area contributed by atoms with Crippen LogP contribution in [-0.2, 0) is 9.84 Å². The summed E-state index contributed by atoms with van der Waals surface area (Å²) in [5.74, 6) is 0. The van der Waals surface area contributed by atoms with E-state index < -0.39 is 15.9 Å². The first kappa shape index (κ1) is 14.1. The largest absolute Gasteiger partial charge is 0.351 e. The molecule has 20 heavy (non-hydrogen) atoms. The van der Waals surface area contributed by atoms with Gasteiger partial charge in [0.05, 0.1) is 9.79 Å². The molecule has 0 aliphatic carbocycles. The number of benzene rings is 2. The average Bonchev–Trinajstić information content (AvgIpc) is 2.39. The van der Waals surface area contributed by atoms with Crippen molar-refractivity contribution < 1.29 is 13.2 Å². The molecule has 0 unspecified atom stereocenters. The molecule has 2 aromatic carbocycles. The number of nitrogens with two attached hydrogens (primary N) is 1. The minimum absolute atomic E-state index is 0.104. The van der Waals surface area contributed by atoms with E-state index in [1.54, 1.807) is 36.4 Å². The second kappa shape index (κ2) is 5.34. The highest BCUT2D eigenvalue weighted by molar-refractivity contribution is 7.91. The van der Waals surface area contributed by atoms with Crippen molar-refractivity contribution in [3.05, 3.63) is 54.1 Å². The molecule has 0 atom stereocenters. The molecule has 0 aliphatic rings. The first-order valence-electron chi connectivity index (χ1n) is 5.88. The molecule has 3 N–H and O–H groups in total. The fraction of sp³-hybridized carbons (Fsp3) is 0.0714. The van der Waals surface area contributed by atoms with Gasteiger partial charge in [0.2, 0.25) is 9.84 Å². The second-order valence-corrected chi connectivity index (χ2v) is 6.28. The number of nitrogens with one attached hydrogen (secondary N) is 1. The van der Waals surface area contributed by atoms with Gasteiger partial charge in [0, 0.05) is 5.69 Å². The number of primary amides is 1. The molecule has 0 fully saturated rings. The second-order valence-electron chi connectivity index (χ2n) is 4.33. The molecule has 0 saturated carbocycles. The number of carbonyl (C=O) groups is 1. The molecule has 0 aliphatic heterocycles. The normalized spacial score (nSPS) is 11.1. The summed E-state index contributed by atoms with van der Waals surface area (Å²) in [7, 11) is -3.61. The maximum atomic E-state index is 12.4. The standard InChI is InChI=1S/C14H14N2O3S/c1-10-5-7-12(8-6-10)20(18,19)13-4-2-3-11(9-13)16-14(15)17/h2-9H,1H3,(H3,15,16,17). The topological polar surface area (TPSA) is 89.3 Å². The number of amides is 2. The summed E-state index contributed by atoms with van der Waals surface area (Å²) < 4.78 is 24.9. The van der Waals surface area contributed by atoms with Crippen molar-refractivity contribution in [3.63, 3.8) is 0 Å². The van der Waals surface area contributed by atoms with Gasteiger partial charge in [-0.2, -0.15) is 0 Å². The number of hydrogen-bond donors (Lipinski definition) is 2. The van der Waals surface area contributed by atoms with Crippen molar-refractivity contribution in [3.8, 4) is 0 Å². The molecule has 104 valence electrons. The lowest BCUT2D eigenvalue weighted by atomic mass is 10.2. The van der Waals surface area contributed by atoms with Crippen LogP contribution in [0.1, 0.15) is 5.56 Å². The lowest BCUT2D eigenvalue weighted by Crippen LogP contribution is -2.19. The van der Waals surface area contributed by atoms with Crippen LogP contribution in [0, 0.1) is 6.92 Å². The molecule has 5 nitrogen and oxygen atoms in total. The molecule has 0 heterocycles. The van der Waals surface area contributed by atoms with Crippen LogP contribution in [0.4, 0.5) is 10.5 Å². The third-order valence-corrected chi connectivity index (χ3v) is 4.51. The van der Waals surface area contributed by atoms with Crippen molar-refractivity contribution in [2.24, 2.45) is 5.73 Å². The third-order valence-electron chi connectivity index (χ3n) is 2.74. The zero-order valence-electron chi connectivity index (χ0n) is 10.8. The van der Waals surface area contributed by atoms with Crippen LogP contribution in [0.3, 0.4) is 0 Å². The Bertz CT molecular complexity index is 737. The van der Waals surface area contributed by atoms with Crippen LogP contribution in [-0.4, -0.2) is 14.4 Å². The number of anilines is 1. The summed E-state index contributed by atoms with van der Waals surface area (Å²) in [5.41, 5.74) is 6.33. The van der Waals surface area contributed by atoms with Gasteiger partial charge in [-0.3, -0.25) is 0 Å². The first-order valence-corrected chi connectivity index (χ1v) is 7.36. The zero-order valence-corrected chi connectivity index (χ0v) is 11.6. The molecule has 2 aromatic rings. The van der Waals surface area contributed by atoms with E-state index in [-0.39, 0.29) is 9.79 Å². The van der Waals surface area contributed by atoms with Gasteiger partial charge in [0.15, 0.2) is 0 Å². The van der Waals surface area contributed by atoms with Crippen molar-refractivity contribution >= 4 is 21.6 Å². The van der Waals surface area contributed by atoms with Crippen LogP contribution < -0.4 is 11.1 Å². The minimum Gasteiger partial charge on any atom is -0.351 e. The van der Waals surface area contributed by atoms with Crippen molar-refractivity contribution in [1.82, 2.24) is 0 Å². The van der Waals surface area contributed by atoms with E-state index >= 15 is 0 Å². The van der Waals surface area contributed by atoms with E-state index in [0.29, 0.717) is 5.69 Å². The molecule has 2 amide bonds. The highest BCUT2D eigenvalue weighted by atomic mass is 32.2. The number of carbonyl (C=O) groups excluding carboxylic acids is 1. The van der Waals surface area contributed by atoms with Crippen LogP contribution in [0.15, 0.2) is 58.3 Å². The zero-order chi connectivity index (χ0) is 14.8. The summed E-state index contributed by atoms with van der Waals surface area (Å²) in [6, 6.07) is 11.8. The van der Waals surface area contributed by atoms with E-state index in [9.17, 15) is 13.2 Å². The van der Waals surface area contributed by atoms with E-state index in [2.05, 4.69) is 5.32 Å². The number of aryl methyl sites for hydroxylation is 1. The molecular formula is C14H14N2O3S. The summed E-state index contributed by atoms with van der Waals surface area (Å²) >= 11 is 0. The Morgan fingerprint density at radius 1 is 1.05 bits per heavy atom. The summed E-state index contributed by atoms with van der Waals surface area (Å²) in [6.07, 6.45) is 0. The molecule has 0 bridgehead atoms. The predicted octanol–water partition coefficient (Wildman–Crippen LogP) is 2.32. The average molecular weight is 290 g/mol. The van der Waals surface area contributed by atoms with Gasteiger partial charge in [0.25, 0.3) is 0 Å². The highest BCUT2D eigenvalue weighted by Gasteiger charge is 2.17. The van der Waals surface area contributed by atoms with Crippen LogP contribution in [0.5, 0.6) is 0 Å². The number of rotatable bonds is 3. The fourth-order valence-electron chi connectivity index (χ4n) is 1.74. The van der Waals surface area contributed by atoms with E-state index in [4.69, 9.17) is 5.73 Å². The summed E-state index contributed by atoms with van der Waals surface area (Å²) in [5, 5.41) is 2.35. The number of urea groups is 1. The summed E-state index contributed by atoms with van der Waals surface area (Å²) in [4.78, 5) is 11.1. The Morgan fingerprint density at radius 3 is 2.30 bits per heavy atom. The number of hydrogen-bond acceptors (Lipinski definition) is 3. The van der Waals surface area contributed by atoms with Gasteiger partial charge in [0.1, 0.15) is 0 Å². The van der Waals surface area contributed by atoms with Gasteiger partial charge in [-0.25, -0.2) is 13.2 Å². The smallest absolute Gasteiger partial charge is 0.316 e. The van der Waals surface area contributed by atoms with Crippen LogP contribution in [0.25, 0.3) is 0 Å². The molecule has 2 rings (SSSR count). The van der Waals surface area contributed by atoms with Crippen LogP contribution >= 0.6 is 0 Å². The van der Waals surface area contributed by atoms with E-state index in [1.165, 1.54) is 12.1 Å². The molecule has 0 spiro atoms. The highest BCUT2D eigenvalue weighted by Crippen LogP contribution is 2.23. The number of sulfone groups is 1. The molecule has 6 heteroatoms. The van der Waals surface area contributed by atoms with Crippen molar-refractivity contribution in [2.45, 2.75) is 16.7 Å². The Morgan fingerprint density at radius 2 is 1.70 bits per heavy atom. The van der Waals surface area contributed by atoms with Gasteiger partial charge in [-0.05, 0) is 37.3 Å². The van der Waals surface area contributed by atoms with Crippen LogP contribution in [0.2, 0.25) is 0 Å². The quantitative estimate of drug-likeness (QED) is 0.909. The molecular weight excluding hydrogens is 276 g/mol. The maximum absolute atomic E-state index is 12.4. The molecule has 0 aromatic heterocycles. The Hall–Kier alpha value is -2.34. The van der Waals surface area contributed by atoms with Crippen molar-refractivity contribution in [1.29, 1.82) is 0 Å². The third kappa shape index (κ3) is 2.97. The monoisotopic (exact) mass is 290 g/mol. The molecule has 0 radical (unpaired) electrons. The van der Waals surface area contributed by atoms with E-state index in [1.807, 2.05) is 6.92 Å². The Balaban J connectivity index is 2.44. The predicted molar refractivity (Wildman–Crippen MR) is 76.3 cm³/mol. The van der Waals surface area contributed by atoms with Gasteiger partial charge >= 0.3 is 6.03 Å². The Kier molecular flexibility index (Phi) is 3.76. The van der Waals surface area contributed by atoms with Gasteiger partial charge in [-0.15, -0.1) is 0 Å². The summed E-state index contributed by atoms with van der Waals surface area (Å²) in [6.45, 7) is 1.88. The van der Waals surface area contributed by atoms with Gasteiger partial charge in [-0.1, -0.05) is 23.8 Å². The van der Waals surface area contributed by atoms with Crippen molar-refractivity contribution in [2.75, 3.05) is 5.32 Å². The van der Waals surface area contributed by atoms with Gasteiger partial charge < -0.3 is 11.1 Å². The Labute approximate surface area is 117 Å². The molecule has 0 saturated heterocycles. The van der Waals surface area contributed by atoms with E-state index in [0.717, 1.165) is 5.56 Å². The SMILES string of the molecule is Cc1ccc(S(=O)(=O)c2cccc(NC(N)=O)c2)cc1. The lowest BCUT2D eigenvalue weighted by molar-refractivity contribution is 0.259. The maximum Gasteiger partial charge on any atom is 0.316 e. The first-order chi connectivity index (χ1) is 9.39. The minimum atomic E-state index is -3.61.